The largest absolute Gasteiger partial charge is 0.487 e. The van der Waals surface area contributed by atoms with Crippen molar-refractivity contribution in [1.29, 1.82) is 0 Å². The number of methoxy groups -OCH3 is 2. The van der Waals surface area contributed by atoms with Crippen molar-refractivity contribution >= 4 is 0 Å². The molecule has 1 aromatic carbocycles. The number of halogens is 5. The van der Waals surface area contributed by atoms with E-state index in [4.69, 9.17) is 14.2 Å². The van der Waals surface area contributed by atoms with Crippen molar-refractivity contribution in [2.75, 3.05) is 20.8 Å². The second-order valence-electron chi connectivity index (χ2n) is 8.07. The van der Waals surface area contributed by atoms with Crippen molar-refractivity contribution < 1.29 is 36.2 Å². The Bertz CT molecular complexity index is 643. The third-order valence-electron chi connectivity index (χ3n) is 6.07. The molecule has 0 amide bonds. The van der Waals surface area contributed by atoms with Crippen LogP contribution in [0.4, 0.5) is 22.0 Å². The lowest BCUT2D eigenvalue weighted by Crippen LogP contribution is -2.41. The van der Waals surface area contributed by atoms with E-state index in [2.05, 4.69) is 6.92 Å². The van der Waals surface area contributed by atoms with Gasteiger partial charge in [0.05, 0.1) is 6.61 Å². The van der Waals surface area contributed by atoms with Crippen LogP contribution in [0, 0.1) is 35.0 Å². The van der Waals surface area contributed by atoms with Crippen molar-refractivity contribution in [3.8, 4) is 5.75 Å². The van der Waals surface area contributed by atoms with Gasteiger partial charge in [0, 0.05) is 20.1 Å². The predicted molar refractivity (Wildman–Crippen MR) is 114 cm³/mol. The van der Waals surface area contributed by atoms with Crippen LogP contribution in [0.25, 0.3) is 0 Å². The first-order valence-electron chi connectivity index (χ1n) is 11.5. The maximum absolute atomic E-state index is 13.7. The SMILES string of the molecule is CCCCCCCCC(CCCCOc1c(F)c(F)c(F)c(F)c1F)C(CC)(OC)OC. The van der Waals surface area contributed by atoms with E-state index in [1.165, 1.54) is 25.7 Å². The van der Waals surface area contributed by atoms with Gasteiger partial charge in [-0.1, -0.05) is 52.4 Å². The highest BCUT2D eigenvalue weighted by Gasteiger charge is 2.36. The summed E-state index contributed by atoms with van der Waals surface area (Å²) in [5.74, 6) is -12.0. The summed E-state index contributed by atoms with van der Waals surface area (Å²) >= 11 is 0. The molecule has 0 spiro atoms. The van der Waals surface area contributed by atoms with Crippen LogP contribution in [0.5, 0.6) is 5.75 Å². The van der Waals surface area contributed by atoms with Gasteiger partial charge < -0.3 is 14.2 Å². The number of benzene rings is 1. The van der Waals surface area contributed by atoms with Gasteiger partial charge in [-0.25, -0.2) is 13.2 Å². The number of rotatable bonds is 17. The van der Waals surface area contributed by atoms with E-state index >= 15 is 0 Å². The molecule has 0 aliphatic rings. The topological polar surface area (TPSA) is 27.7 Å². The average molecular weight is 469 g/mol. The highest BCUT2D eigenvalue weighted by atomic mass is 19.2. The Hall–Kier alpha value is -1.41. The Morgan fingerprint density at radius 3 is 1.62 bits per heavy atom. The van der Waals surface area contributed by atoms with E-state index in [0.29, 0.717) is 19.3 Å². The number of hydrogen-bond donors (Lipinski definition) is 0. The third-order valence-corrected chi connectivity index (χ3v) is 6.07. The summed E-state index contributed by atoms with van der Waals surface area (Å²) in [7, 11) is 3.24. The standard InChI is InChI=1S/C24H37F5O3/c1-5-7-8-9-10-11-14-17(24(6-2,30-3)31-4)15-12-13-16-32-23-21(28)19(26)18(25)20(27)22(23)29/h17H,5-16H2,1-4H3. The molecule has 0 saturated heterocycles. The molecule has 8 heteroatoms. The fraction of sp³-hybridized carbons (Fsp3) is 0.750. The van der Waals surface area contributed by atoms with Gasteiger partial charge in [-0.05, 0) is 32.1 Å². The molecular weight excluding hydrogens is 431 g/mol. The lowest BCUT2D eigenvalue weighted by atomic mass is 9.85. The molecule has 32 heavy (non-hydrogen) atoms. The van der Waals surface area contributed by atoms with Gasteiger partial charge in [0.2, 0.25) is 29.1 Å². The summed E-state index contributed by atoms with van der Waals surface area (Å²) in [4.78, 5) is 0. The summed E-state index contributed by atoms with van der Waals surface area (Å²) < 4.78 is 83.4. The Labute approximate surface area is 188 Å². The van der Waals surface area contributed by atoms with E-state index in [1.54, 1.807) is 14.2 Å². The molecule has 0 heterocycles. The van der Waals surface area contributed by atoms with Crippen LogP contribution >= 0.6 is 0 Å². The molecule has 0 aromatic heterocycles. The maximum Gasteiger partial charge on any atom is 0.206 e. The van der Waals surface area contributed by atoms with Gasteiger partial charge in [-0.15, -0.1) is 0 Å². The first-order valence-corrected chi connectivity index (χ1v) is 11.5. The van der Waals surface area contributed by atoms with Crippen LogP contribution < -0.4 is 4.74 Å². The lowest BCUT2D eigenvalue weighted by molar-refractivity contribution is -0.244. The highest BCUT2D eigenvalue weighted by molar-refractivity contribution is 5.29. The first-order chi connectivity index (χ1) is 15.3. The molecule has 1 unspecified atom stereocenters. The molecule has 0 bridgehead atoms. The molecule has 0 fully saturated rings. The van der Waals surface area contributed by atoms with Crippen LogP contribution in [-0.2, 0) is 9.47 Å². The zero-order valence-electron chi connectivity index (χ0n) is 19.7. The third kappa shape index (κ3) is 7.58. The minimum Gasteiger partial charge on any atom is -0.487 e. The van der Waals surface area contributed by atoms with E-state index in [-0.39, 0.29) is 12.5 Å². The Balaban J connectivity index is 2.63. The smallest absolute Gasteiger partial charge is 0.206 e. The summed E-state index contributed by atoms with van der Waals surface area (Å²) in [6.07, 6.45) is 10.4. The van der Waals surface area contributed by atoms with E-state index < -0.39 is 40.6 Å². The van der Waals surface area contributed by atoms with Gasteiger partial charge in [0.15, 0.2) is 11.5 Å². The van der Waals surface area contributed by atoms with E-state index in [9.17, 15) is 22.0 Å². The van der Waals surface area contributed by atoms with Crippen molar-refractivity contribution in [2.24, 2.45) is 5.92 Å². The summed E-state index contributed by atoms with van der Waals surface area (Å²) in [6, 6.07) is 0. The Morgan fingerprint density at radius 2 is 1.12 bits per heavy atom. The molecule has 0 N–H and O–H groups in total. The van der Waals surface area contributed by atoms with E-state index in [1.807, 2.05) is 6.92 Å². The van der Waals surface area contributed by atoms with Gasteiger partial charge in [-0.3, -0.25) is 0 Å². The Kier molecular flexibility index (Phi) is 13.1. The maximum atomic E-state index is 13.7. The fourth-order valence-corrected chi connectivity index (χ4v) is 4.13. The normalized spacial score (nSPS) is 12.9. The van der Waals surface area contributed by atoms with Crippen molar-refractivity contribution in [3.63, 3.8) is 0 Å². The summed E-state index contributed by atoms with van der Waals surface area (Å²) in [6.45, 7) is 4.01. The molecule has 0 aliphatic carbocycles. The second-order valence-corrected chi connectivity index (χ2v) is 8.07. The minimum atomic E-state index is -2.19. The number of hydrogen-bond acceptors (Lipinski definition) is 3. The molecule has 1 aromatic rings. The van der Waals surface area contributed by atoms with Crippen molar-refractivity contribution in [1.82, 2.24) is 0 Å². The fourth-order valence-electron chi connectivity index (χ4n) is 4.13. The summed E-state index contributed by atoms with van der Waals surface area (Å²) in [5.41, 5.74) is 0. The quantitative estimate of drug-likeness (QED) is 0.0771. The zero-order chi connectivity index (χ0) is 24.1. The molecule has 3 nitrogen and oxygen atoms in total. The molecule has 0 radical (unpaired) electrons. The molecular formula is C24H37F5O3. The van der Waals surface area contributed by atoms with Crippen LogP contribution in [0.15, 0.2) is 0 Å². The van der Waals surface area contributed by atoms with Gasteiger partial charge in [0.1, 0.15) is 0 Å². The lowest BCUT2D eigenvalue weighted by Gasteiger charge is -2.38. The van der Waals surface area contributed by atoms with Gasteiger partial charge >= 0.3 is 0 Å². The van der Waals surface area contributed by atoms with Crippen molar-refractivity contribution in [2.45, 2.75) is 90.3 Å². The number of unbranched alkanes of at least 4 members (excludes halogenated alkanes) is 6. The van der Waals surface area contributed by atoms with Gasteiger partial charge in [-0.2, -0.15) is 8.78 Å². The van der Waals surface area contributed by atoms with Crippen molar-refractivity contribution in [3.05, 3.63) is 29.1 Å². The van der Waals surface area contributed by atoms with E-state index in [0.717, 1.165) is 25.7 Å². The molecule has 186 valence electrons. The average Bonchev–Trinajstić information content (AvgIpc) is 2.81. The van der Waals surface area contributed by atoms with Crippen LogP contribution in [0.3, 0.4) is 0 Å². The second kappa shape index (κ2) is 14.7. The molecule has 0 saturated carbocycles. The first kappa shape index (κ1) is 28.6. The Morgan fingerprint density at radius 1 is 0.656 bits per heavy atom. The highest BCUT2D eigenvalue weighted by Crippen LogP contribution is 2.35. The zero-order valence-corrected chi connectivity index (χ0v) is 19.7. The van der Waals surface area contributed by atoms with Crippen LogP contribution in [-0.4, -0.2) is 26.6 Å². The predicted octanol–water partition coefficient (Wildman–Crippen LogP) is 7.70. The number of ether oxygens (including phenoxy) is 3. The summed E-state index contributed by atoms with van der Waals surface area (Å²) in [5, 5.41) is 0. The monoisotopic (exact) mass is 468 g/mol. The van der Waals surface area contributed by atoms with Crippen LogP contribution in [0.2, 0.25) is 0 Å². The van der Waals surface area contributed by atoms with Gasteiger partial charge in [0.25, 0.3) is 0 Å². The van der Waals surface area contributed by atoms with Crippen LogP contribution in [0.1, 0.15) is 84.5 Å². The molecule has 1 rings (SSSR count). The molecule has 0 aliphatic heterocycles. The molecule has 1 atom stereocenters. The minimum absolute atomic E-state index is 0.114.